The van der Waals surface area contributed by atoms with Gasteiger partial charge in [0.05, 0.1) is 10.9 Å². The summed E-state index contributed by atoms with van der Waals surface area (Å²) in [5, 5.41) is -5.08. The van der Waals surface area contributed by atoms with E-state index in [-0.39, 0.29) is 16.7 Å². The lowest BCUT2D eigenvalue weighted by molar-refractivity contribution is -0.159. The predicted octanol–water partition coefficient (Wildman–Crippen LogP) is 4.79. The second-order valence-electron chi connectivity index (χ2n) is 5.90. The number of benzene rings is 3. The maximum atomic E-state index is 13.2. The molecule has 0 aliphatic heterocycles. The molecule has 0 saturated heterocycles. The molecule has 3 aromatic rings. The molecule has 5 nitrogen and oxygen atoms in total. The number of rotatable bonds is 6. The van der Waals surface area contributed by atoms with E-state index in [2.05, 4.69) is 40.6 Å². The van der Waals surface area contributed by atoms with Crippen LogP contribution >= 0.6 is 11.6 Å². The van der Waals surface area contributed by atoms with E-state index in [4.69, 9.17) is 0 Å². The molecule has 0 heterocycles. The number of carbonyl (C=O) groups excluding carboxylic acids is 1. The maximum absolute atomic E-state index is 13.2. The van der Waals surface area contributed by atoms with Gasteiger partial charge in [-0.3, -0.25) is 0 Å². The van der Waals surface area contributed by atoms with Gasteiger partial charge in [0, 0.05) is 0 Å². The highest BCUT2D eigenvalue weighted by molar-refractivity contribution is 7.97. The van der Waals surface area contributed by atoms with Gasteiger partial charge in [-0.05, 0) is 48.5 Å². The molecular formula is C21H16ClF3O5S2. The number of ether oxygens (including phenoxy) is 1. The number of carbonyl (C=O) groups is 1. The molecule has 0 saturated carbocycles. The van der Waals surface area contributed by atoms with Gasteiger partial charge in [-0.25, -0.2) is 17.6 Å². The zero-order valence-corrected chi connectivity index (χ0v) is 18.5. The van der Waals surface area contributed by atoms with Crippen molar-refractivity contribution in [1.82, 2.24) is 0 Å². The molecule has 0 bridgehead atoms. The Morgan fingerprint density at radius 2 is 1.28 bits per heavy atom. The van der Waals surface area contributed by atoms with Crippen molar-refractivity contribution in [2.24, 2.45) is 0 Å². The molecule has 32 heavy (non-hydrogen) atoms. The Kier molecular flexibility index (Phi) is 9.14. The van der Waals surface area contributed by atoms with Crippen molar-refractivity contribution >= 4 is 38.6 Å². The van der Waals surface area contributed by atoms with E-state index in [0.717, 1.165) is 4.90 Å². The third-order valence-electron chi connectivity index (χ3n) is 3.74. The van der Waals surface area contributed by atoms with Crippen LogP contribution in [0.1, 0.15) is 0 Å². The number of hydrogen-bond donors (Lipinski definition) is 0. The van der Waals surface area contributed by atoms with Crippen LogP contribution in [0.25, 0.3) is 0 Å². The molecular weight excluding hydrogens is 489 g/mol. The van der Waals surface area contributed by atoms with Gasteiger partial charge < -0.3 is 9.29 Å². The maximum Gasteiger partial charge on any atom is 0.428 e. The van der Waals surface area contributed by atoms with Crippen molar-refractivity contribution < 1.29 is 35.7 Å². The van der Waals surface area contributed by atoms with Crippen LogP contribution in [0.2, 0.25) is 0 Å². The Hall–Kier alpha value is -2.53. The fraction of sp³-hybridized carbons (Fsp3) is 0.0952. The van der Waals surface area contributed by atoms with E-state index in [1.165, 1.54) is 21.9 Å². The topological polar surface area (TPSA) is 83.5 Å². The predicted molar refractivity (Wildman–Crippen MR) is 113 cm³/mol. The molecule has 0 aliphatic carbocycles. The van der Waals surface area contributed by atoms with Crippen molar-refractivity contribution in [3.63, 3.8) is 0 Å². The molecule has 0 fully saturated rings. The van der Waals surface area contributed by atoms with E-state index in [9.17, 15) is 30.9 Å². The highest BCUT2D eigenvalue weighted by Crippen LogP contribution is 2.30. The molecule has 0 N–H and O–H groups in total. The standard InChI is InChI=1S/C18H14FS.C3H3ClF2O5S/c19-15-11-13-18(14-12-15)20(16-7-3-1-4-8-16)17-9-5-2-6-10-17;4-1-11-2(7)3(5,6)12(8,9)10/h1-14H;1H2,(H,8,9,10)/q+1;/p-1. The first-order chi connectivity index (χ1) is 15.1. The van der Waals surface area contributed by atoms with Gasteiger partial charge in [0.1, 0.15) is 5.82 Å². The summed E-state index contributed by atoms with van der Waals surface area (Å²) < 4.78 is 69.9. The summed E-state index contributed by atoms with van der Waals surface area (Å²) in [5.41, 5.74) is 0. The van der Waals surface area contributed by atoms with E-state index in [1.807, 2.05) is 48.5 Å². The van der Waals surface area contributed by atoms with Gasteiger partial charge in [0.25, 0.3) is 0 Å². The molecule has 0 atom stereocenters. The third-order valence-corrected chi connectivity index (χ3v) is 6.88. The first-order valence-electron chi connectivity index (χ1n) is 8.74. The first-order valence-corrected chi connectivity index (χ1v) is 11.9. The van der Waals surface area contributed by atoms with Crippen molar-refractivity contribution in [3.8, 4) is 0 Å². The molecule has 11 heteroatoms. The average Bonchev–Trinajstić information content (AvgIpc) is 2.77. The Balaban J connectivity index is 0.000000262. The van der Waals surface area contributed by atoms with Crippen LogP contribution in [0.3, 0.4) is 0 Å². The van der Waals surface area contributed by atoms with Gasteiger partial charge in [-0.1, -0.05) is 48.0 Å². The molecule has 0 radical (unpaired) electrons. The number of halogens is 4. The molecule has 3 rings (SSSR count). The lowest BCUT2D eigenvalue weighted by Crippen LogP contribution is -2.38. The van der Waals surface area contributed by atoms with Crippen LogP contribution in [0, 0.1) is 5.82 Å². The molecule has 0 spiro atoms. The molecule has 0 unspecified atom stereocenters. The molecule has 170 valence electrons. The fourth-order valence-electron chi connectivity index (χ4n) is 2.33. The monoisotopic (exact) mass is 504 g/mol. The summed E-state index contributed by atoms with van der Waals surface area (Å²) in [6.45, 7) is 0. The van der Waals surface area contributed by atoms with E-state index < -0.39 is 27.4 Å². The molecule has 3 aromatic carbocycles. The van der Waals surface area contributed by atoms with E-state index in [0.29, 0.717) is 0 Å². The first kappa shape index (κ1) is 25.7. The molecule has 0 aromatic heterocycles. The van der Waals surface area contributed by atoms with Crippen LogP contribution in [-0.4, -0.2) is 30.3 Å². The van der Waals surface area contributed by atoms with Crippen LogP contribution in [-0.2, 0) is 30.5 Å². The Morgan fingerprint density at radius 3 is 1.66 bits per heavy atom. The van der Waals surface area contributed by atoms with Crippen molar-refractivity contribution in [3.05, 3.63) is 90.7 Å². The normalized spacial score (nSPS) is 11.4. The number of esters is 1. The second-order valence-corrected chi connectivity index (χ2v) is 9.56. The Labute approximate surface area is 190 Å². The lowest BCUT2D eigenvalue weighted by atomic mass is 10.3. The number of hydrogen-bond acceptors (Lipinski definition) is 5. The van der Waals surface area contributed by atoms with Gasteiger partial charge in [-0.15, -0.1) is 0 Å². The minimum absolute atomic E-state index is 0.190. The summed E-state index contributed by atoms with van der Waals surface area (Å²) in [4.78, 5) is 13.7. The number of alkyl halides is 3. The summed E-state index contributed by atoms with van der Waals surface area (Å²) >= 11 is 4.68. The van der Waals surface area contributed by atoms with Crippen LogP contribution in [0.4, 0.5) is 13.2 Å². The van der Waals surface area contributed by atoms with Crippen molar-refractivity contribution in [2.45, 2.75) is 19.9 Å². The average molecular weight is 505 g/mol. The summed E-state index contributed by atoms with van der Waals surface area (Å²) in [6, 6.07) is 26.6. The Bertz CT molecular complexity index is 1070. The van der Waals surface area contributed by atoms with Gasteiger partial charge in [-0.2, -0.15) is 8.78 Å². The molecule has 0 amide bonds. The molecule has 0 aliphatic rings. The Morgan fingerprint density at radius 1 is 0.875 bits per heavy atom. The SMILES string of the molecule is Fc1ccc([S+](c2ccccc2)c2ccccc2)cc1.O=C(OCCl)C(F)(F)S(=O)(=O)[O-]. The summed E-state index contributed by atoms with van der Waals surface area (Å²) in [6.07, 6.45) is 0. The highest BCUT2D eigenvalue weighted by Gasteiger charge is 2.48. The van der Waals surface area contributed by atoms with E-state index >= 15 is 0 Å². The minimum Gasteiger partial charge on any atom is -0.743 e. The minimum atomic E-state index is -6.04. The largest absolute Gasteiger partial charge is 0.743 e. The van der Waals surface area contributed by atoms with Crippen molar-refractivity contribution in [2.75, 3.05) is 6.07 Å². The second kappa shape index (κ2) is 11.4. The van der Waals surface area contributed by atoms with Crippen LogP contribution in [0.15, 0.2) is 99.6 Å². The van der Waals surface area contributed by atoms with Gasteiger partial charge in [0.2, 0.25) is 0 Å². The quantitative estimate of drug-likeness (QED) is 0.209. The van der Waals surface area contributed by atoms with Crippen LogP contribution < -0.4 is 0 Å². The van der Waals surface area contributed by atoms with Gasteiger partial charge in [0.15, 0.2) is 30.9 Å². The highest BCUT2D eigenvalue weighted by atomic mass is 35.5. The lowest BCUT2D eigenvalue weighted by Gasteiger charge is -2.16. The summed E-state index contributed by atoms with van der Waals surface area (Å²) in [7, 11) is -6.23. The van der Waals surface area contributed by atoms with E-state index in [1.54, 1.807) is 0 Å². The smallest absolute Gasteiger partial charge is 0.428 e. The van der Waals surface area contributed by atoms with Crippen LogP contribution in [0.5, 0.6) is 0 Å². The fourth-order valence-corrected chi connectivity index (χ4v) is 4.77. The van der Waals surface area contributed by atoms with Gasteiger partial charge >= 0.3 is 11.2 Å². The zero-order chi connectivity index (χ0) is 23.8. The van der Waals surface area contributed by atoms with Crippen molar-refractivity contribution in [1.29, 1.82) is 0 Å². The summed E-state index contributed by atoms with van der Waals surface area (Å²) in [5.74, 6) is -2.68. The zero-order valence-electron chi connectivity index (χ0n) is 16.2. The third kappa shape index (κ3) is 6.73.